The number of aliphatic imine (C=N–C) groups is 1. The molecule has 0 heterocycles. The lowest BCUT2D eigenvalue weighted by atomic mass is 10.1. The van der Waals surface area contributed by atoms with Crippen molar-refractivity contribution < 1.29 is 39.3 Å². The standard InChI is InChI=1S/C17H32N8O8/c1-7(27)12(25-13(29)8(18)6-26)15(31)24-10(5-11(19)28)14(30)23-9(16(32)33)3-2-4-22-17(20)21/h7-10,12,26-27H,2-6,18H2,1H3,(H2,19,28)(H,23,30)(H,24,31)(H,25,29)(H,32,33)(H4,20,21,22). The summed E-state index contributed by atoms with van der Waals surface area (Å²) in [7, 11) is 0. The molecule has 16 heteroatoms. The van der Waals surface area contributed by atoms with E-state index in [-0.39, 0.29) is 25.3 Å². The Morgan fingerprint density at radius 1 is 0.939 bits per heavy atom. The van der Waals surface area contributed by atoms with Gasteiger partial charge in [-0.25, -0.2) is 4.79 Å². The van der Waals surface area contributed by atoms with Gasteiger partial charge in [0.25, 0.3) is 0 Å². The van der Waals surface area contributed by atoms with Gasteiger partial charge in [0.15, 0.2) is 5.96 Å². The first-order valence-corrected chi connectivity index (χ1v) is 9.82. The minimum absolute atomic E-state index is 0.0690. The molecule has 5 atom stereocenters. The van der Waals surface area contributed by atoms with Crippen molar-refractivity contribution >= 4 is 35.6 Å². The molecule has 16 nitrogen and oxygen atoms in total. The van der Waals surface area contributed by atoms with Crippen LogP contribution in [0.4, 0.5) is 0 Å². The van der Waals surface area contributed by atoms with Gasteiger partial charge in [-0.2, -0.15) is 0 Å². The van der Waals surface area contributed by atoms with Crippen molar-refractivity contribution in [1.82, 2.24) is 16.0 Å². The largest absolute Gasteiger partial charge is 0.480 e. The molecular formula is C17H32N8O8. The summed E-state index contributed by atoms with van der Waals surface area (Å²) >= 11 is 0. The molecule has 5 unspecified atom stereocenters. The maximum atomic E-state index is 12.6. The highest BCUT2D eigenvalue weighted by molar-refractivity contribution is 5.96. The summed E-state index contributed by atoms with van der Waals surface area (Å²) in [6, 6.07) is -5.99. The molecule has 0 saturated carbocycles. The number of nitrogens with zero attached hydrogens (tertiary/aromatic N) is 1. The molecule has 0 aromatic heterocycles. The van der Waals surface area contributed by atoms with E-state index >= 15 is 0 Å². The van der Waals surface area contributed by atoms with Gasteiger partial charge in [-0.3, -0.25) is 24.2 Å². The van der Waals surface area contributed by atoms with E-state index in [1.54, 1.807) is 0 Å². The average molecular weight is 476 g/mol. The van der Waals surface area contributed by atoms with Crippen LogP contribution in [0.2, 0.25) is 0 Å². The zero-order valence-corrected chi connectivity index (χ0v) is 18.1. The zero-order valence-electron chi connectivity index (χ0n) is 18.1. The van der Waals surface area contributed by atoms with E-state index in [9.17, 15) is 34.2 Å². The van der Waals surface area contributed by atoms with Gasteiger partial charge in [0.1, 0.15) is 24.2 Å². The molecule has 0 aliphatic rings. The predicted octanol–water partition coefficient (Wildman–Crippen LogP) is -5.85. The van der Waals surface area contributed by atoms with Gasteiger partial charge in [-0.15, -0.1) is 0 Å². The van der Waals surface area contributed by atoms with E-state index in [2.05, 4.69) is 20.9 Å². The van der Waals surface area contributed by atoms with Gasteiger partial charge >= 0.3 is 5.97 Å². The highest BCUT2D eigenvalue weighted by Gasteiger charge is 2.33. The highest BCUT2D eigenvalue weighted by Crippen LogP contribution is 2.03. The summed E-state index contributed by atoms with van der Waals surface area (Å²) in [6.07, 6.45) is -2.03. The first-order valence-electron chi connectivity index (χ1n) is 9.82. The monoisotopic (exact) mass is 476 g/mol. The molecule has 0 aromatic carbocycles. The van der Waals surface area contributed by atoms with Crippen molar-refractivity contribution in [3.63, 3.8) is 0 Å². The molecule has 0 aliphatic heterocycles. The number of carboxylic acids is 1. The Bertz CT molecular complexity index is 741. The molecule has 33 heavy (non-hydrogen) atoms. The van der Waals surface area contributed by atoms with Crippen LogP contribution in [0.3, 0.4) is 0 Å². The number of nitrogens with one attached hydrogen (secondary N) is 3. The average Bonchev–Trinajstić information content (AvgIpc) is 2.71. The third-order valence-corrected chi connectivity index (χ3v) is 4.19. The molecule has 0 aromatic rings. The fraction of sp³-hybridized carbons (Fsp3) is 0.647. The van der Waals surface area contributed by atoms with Crippen LogP contribution in [0.5, 0.6) is 0 Å². The summed E-state index contributed by atoms with van der Waals surface area (Å²) in [5.74, 6) is -5.64. The van der Waals surface area contributed by atoms with Crippen LogP contribution in [-0.2, 0) is 24.0 Å². The number of carbonyl (C=O) groups excluding carboxylic acids is 4. The van der Waals surface area contributed by atoms with E-state index in [1.807, 2.05) is 0 Å². The first-order chi connectivity index (χ1) is 15.3. The molecule has 14 N–H and O–H groups in total. The van der Waals surface area contributed by atoms with E-state index in [0.29, 0.717) is 0 Å². The smallest absolute Gasteiger partial charge is 0.326 e. The topological polar surface area (TPSA) is 299 Å². The highest BCUT2D eigenvalue weighted by atomic mass is 16.4. The van der Waals surface area contributed by atoms with Gasteiger partial charge in [-0.1, -0.05) is 0 Å². The summed E-state index contributed by atoms with van der Waals surface area (Å²) < 4.78 is 0. The Morgan fingerprint density at radius 2 is 1.52 bits per heavy atom. The van der Waals surface area contributed by atoms with Crippen LogP contribution in [0.1, 0.15) is 26.2 Å². The van der Waals surface area contributed by atoms with E-state index in [0.717, 1.165) is 6.92 Å². The van der Waals surface area contributed by atoms with Crippen molar-refractivity contribution in [1.29, 1.82) is 0 Å². The molecule has 188 valence electrons. The van der Waals surface area contributed by atoms with Gasteiger partial charge < -0.3 is 54.2 Å². The van der Waals surface area contributed by atoms with Gasteiger partial charge in [0, 0.05) is 6.54 Å². The molecule has 0 fully saturated rings. The van der Waals surface area contributed by atoms with Crippen molar-refractivity contribution in [2.45, 2.75) is 56.5 Å². The van der Waals surface area contributed by atoms with Crippen molar-refractivity contribution in [2.75, 3.05) is 13.2 Å². The number of hydrogen-bond donors (Lipinski definition) is 10. The number of nitrogens with two attached hydrogens (primary N) is 4. The molecular weight excluding hydrogens is 444 g/mol. The molecule has 0 aliphatic carbocycles. The lowest BCUT2D eigenvalue weighted by molar-refractivity contribution is -0.142. The zero-order chi connectivity index (χ0) is 25.7. The Morgan fingerprint density at radius 3 is 1.97 bits per heavy atom. The van der Waals surface area contributed by atoms with E-state index < -0.39 is 72.9 Å². The number of carboxylic acid groups (broad SMARTS) is 1. The minimum Gasteiger partial charge on any atom is -0.480 e. The lowest BCUT2D eigenvalue weighted by Crippen LogP contribution is -2.60. The Kier molecular flexibility index (Phi) is 13.0. The summed E-state index contributed by atoms with van der Waals surface area (Å²) in [5.41, 5.74) is 20.8. The van der Waals surface area contributed by atoms with Crippen LogP contribution in [-0.4, -0.2) is 94.3 Å². The van der Waals surface area contributed by atoms with Crippen LogP contribution in [0.25, 0.3) is 0 Å². The van der Waals surface area contributed by atoms with Gasteiger partial charge in [0.2, 0.25) is 23.6 Å². The Hall–Kier alpha value is -3.50. The number of hydrogen-bond acceptors (Lipinski definition) is 9. The second-order valence-electron chi connectivity index (χ2n) is 7.10. The minimum atomic E-state index is -1.61. The first kappa shape index (κ1) is 29.5. The Balaban J connectivity index is 5.37. The predicted molar refractivity (Wildman–Crippen MR) is 114 cm³/mol. The fourth-order valence-corrected chi connectivity index (χ4v) is 2.45. The molecule has 4 amide bonds. The number of aliphatic hydroxyl groups excluding tert-OH is 2. The molecule has 0 radical (unpaired) electrons. The summed E-state index contributed by atoms with van der Waals surface area (Å²) in [5, 5.41) is 34.5. The third kappa shape index (κ3) is 11.6. The number of amides is 4. The fourth-order valence-electron chi connectivity index (χ4n) is 2.45. The number of aliphatic carboxylic acids is 1. The number of guanidine groups is 1. The second kappa shape index (κ2) is 14.5. The summed E-state index contributed by atoms with van der Waals surface area (Å²) in [4.78, 5) is 63.5. The van der Waals surface area contributed by atoms with Gasteiger partial charge in [-0.05, 0) is 19.8 Å². The summed E-state index contributed by atoms with van der Waals surface area (Å²) in [6.45, 7) is 0.539. The number of aliphatic hydroxyl groups is 2. The SMILES string of the molecule is CC(O)C(NC(=O)C(N)CO)C(=O)NC(CC(N)=O)C(=O)NC(CCCN=C(N)N)C(=O)O. The van der Waals surface area contributed by atoms with Crippen molar-refractivity contribution in [3.8, 4) is 0 Å². The van der Waals surface area contributed by atoms with Crippen molar-refractivity contribution in [2.24, 2.45) is 27.9 Å². The molecule has 0 saturated heterocycles. The normalized spacial score (nSPS) is 15.2. The molecule has 0 rings (SSSR count). The van der Waals surface area contributed by atoms with Crippen LogP contribution in [0, 0.1) is 0 Å². The maximum Gasteiger partial charge on any atom is 0.326 e. The molecule has 0 spiro atoms. The Labute approximate surface area is 189 Å². The van der Waals surface area contributed by atoms with E-state index in [1.165, 1.54) is 0 Å². The van der Waals surface area contributed by atoms with Crippen molar-refractivity contribution in [3.05, 3.63) is 0 Å². The third-order valence-electron chi connectivity index (χ3n) is 4.19. The second-order valence-corrected chi connectivity index (χ2v) is 7.10. The lowest BCUT2D eigenvalue weighted by Gasteiger charge is -2.25. The number of carbonyl (C=O) groups is 5. The van der Waals surface area contributed by atoms with Gasteiger partial charge in [0.05, 0.1) is 19.1 Å². The van der Waals surface area contributed by atoms with Crippen LogP contribution in [0.15, 0.2) is 4.99 Å². The number of rotatable bonds is 15. The van der Waals surface area contributed by atoms with Crippen LogP contribution < -0.4 is 38.9 Å². The molecule has 0 bridgehead atoms. The van der Waals surface area contributed by atoms with Crippen LogP contribution >= 0.6 is 0 Å². The van der Waals surface area contributed by atoms with E-state index in [4.69, 9.17) is 28.0 Å². The maximum absolute atomic E-state index is 12.6. The quantitative estimate of drug-likeness (QED) is 0.0602. The number of primary amides is 1.